The van der Waals surface area contributed by atoms with Crippen molar-refractivity contribution in [3.8, 4) is 5.75 Å². The molecule has 1 saturated heterocycles. The van der Waals surface area contributed by atoms with Gasteiger partial charge < -0.3 is 10.1 Å². The quantitative estimate of drug-likeness (QED) is 0.724. The maximum atomic E-state index is 13.1. The third-order valence-electron chi connectivity index (χ3n) is 7.35. The van der Waals surface area contributed by atoms with Crippen LogP contribution in [-0.4, -0.2) is 54.5 Å². The van der Waals surface area contributed by atoms with Gasteiger partial charge in [-0.1, -0.05) is 61.7 Å². The first-order valence-electron chi connectivity index (χ1n) is 12.6. The Morgan fingerprint density at radius 2 is 1.67 bits per heavy atom. The van der Waals surface area contributed by atoms with Crippen LogP contribution >= 0.6 is 0 Å². The van der Waals surface area contributed by atoms with Crippen LogP contribution in [0.4, 0.5) is 0 Å². The molecule has 1 aliphatic carbocycles. The van der Waals surface area contributed by atoms with Crippen LogP contribution in [0.2, 0.25) is 0 Å². The first kappa shape index (κ1) is 23.8. The summed E-state index contributed by atoms with van der Waals surface area (Å²) < 4.78 is 5.41. The molecule has 0 unspecified atom stereocenters. The van der Waals surface area contributed by atoms with Crippen molar-refractivity contribution in [1.29, 1.82) is 0 Å². The summed E-state index contributed by atoms with van der Waals surface area (Å²) in [5, 5.41) is 3.24. The molecule has 1 amide bonds. The van der Waals surface area contributed by atoms with Gasteiger partial charge >= 0.3 is 0 Å². The summed E-state index contributed by atoms with van der Waals surface area (Å²) in [6.07, 6.45) is 7.71. The number of nitrogens with zero attached hydrogens (tertiary/aromatic N) is 2. The van der Waals surface area contributed by atoms with Crippen molar-refractivity contribution in [2.24, 2.45) is 0 Å². The predicted octanol–water partition coefficient (Wildman–Crippen LogP) is 4.61. The number of nitrogens with one attached hydrogen (secondary N) is 1. The lowest BCUT2D eigenvalue weighted by molar-refractivity contribution is -0.125. The minimum absolute atomic E-state index is 0.0137. The van der Waals surface area contributed by atoms with Gasteiger partial charge in [0.25, 0.3) is 0 Å². The highest BCUT2D eigenvalue weighted by molar-refractivity contribution is 5.77. The van der Waals surface area contributed by atoms with Crippen LogP contribution in [0.5, 0.6) is 5.75 Å². The average molecular weight is 450 g/mol. The van der Waals surface area contributed by atoms with Crippen molar-refractivity contribution < 1.29 is 9.53 Å². The molecule has 178 valence electrons. The maximum Gasteiger partial charge on any atom is 0.221 e. The van der Waals surface area contributed by atoms with Gasteiger partial charge in [-0.15, -0.1) is 0 Å². The number of carbonyl (C=O) groups is 1. The molecule has 1 spiro atoms. The lowest BCUT2D eigenvalue weighted by atomic mass is 9.77. The highest BCUT2D eigenvalue weighted by Crippen LogP contribution is 2.38. The van der Waals surface area contributed by atoms with E-state index in [2.05, 4.69) is 63.6 Å². The van der Waals surface area contributed by atoms with Gasteiger partial charge in [-0.3, -0.25) is 14.6 Å². The first-order chi connectivity index (χ1) is 16.2. The van der Waals surface area contributed by atoms with Crippen molar-refractivity contribution >= 4 is 5.91 Å². The molecule has 0 atom stereocenters. The fourth-order valence-electron chi connectivity index (χ4n) is 5.60. The number of hydrogen-bond acceptors (Lipinski definition) is 4. The highest BCUT2D eigenvalue weighted by atomic mass is 16.5. The number of hydrogen-bond donors (Lipinski definition) is 1. The number of benzene rings is 2. The van der Waals surface area contributed by atoms with E-state index < -0.39 is 0 Å². The normalized spacial score (nSPS) is 20.7. The Kier molecular flexibility index (Phi) is 8.40. The first-order valence-corrected chi connectivity index (χ1v) is 12.6. The van der Waals surface area contributed by atoms with E-state index in [1.165, 1.54) is 30.4 Å². The molecule has 1 aliphatic heterocycles. The smallest absolute Gasteiger partial charge is 0.221 e. The summed E-state index contributed by atoms with van der Waals surface area (Å²) >= 11 is 0. The van der Waals surface area contributed by atoms with Gasteiger partial charge in [-0.2, -0.15) is 0 Å². The largest absolute Gasteiger partial charge is 0.497 e. The third-order valence-corrected chi connectivity index (χ3v) is 7.35. The lowest BCUT2D eigenvalue weighted by Gasteiger charge is -2.46. The van der Waals surface area contributed by atoms with E-state index in [0.717, 1.165) is 57.7 Å². The summed E-state index contributed by atoms with van der Waals surface area (Å²) in [4.78, 5) is 18.2. The number of carbonyl (C=O) groups excluding carboxylic acids is 1. The molecule has 0 aromatic heterocycles. The van der Waals surface area contributed by atoms with Crippen LogP contribution in [0.25, 0.3) is 0 Å². The molecule has 2 aliphatic rings. The van der Waals surface area contributed by atoms with E-state index in [0.29, 0.717) is 13.0 Å². The molecular formula is C28H39N3O2. The van der Waals surface area contributed by atoms with Crippen LogP contribution in [0.15, 0.2) is 54.6 Å². The molecule has 0 bridgehead atoms. The minimum Gasteiger partial charge on any atom is -0.497 e. The van der Waals surface area contributed by atoms with Gasteiger partial charge in [0.05, 0.1) is 7.11 Å². The second-order valence-corrected chi connectivity index (χ2v) is 9.70. The van der Waals surface area contributed by atoms with Crippen LogP contribution < -0.4 is 10.1 Å². The van der Waals surface area contributed by atoms with Crippen molar-refractivity contribution in [3.63, 3.8) is 0 Å². The Balaban J connectivity index is 1.51. The third kappa shape index (κ3) is 6.58. The van der Waals surface area contributed by atoms with Gasteiger partial charge in [0.1, 0.15) is 5.75 Å². The SMILES string of the molecule is COc1cccc(CN2CCCN(Cc3ccccc3)C3(CCCCC3)CC(=O)NCC2)c1. The molecule has 1 heterocycles. The molecule has 2 aromatic rings. The highest BCUT2D eigenvalue weighted by Gasteiger charge is 2.39. The summed E-state index contributed by atoms with van der Waals surface area (Å²) in [6.45, 7) is 5.42. The topological polar surface area (TPSA) is 44.8 Å². The zero-order valence-electron chi connectivity index (χ0n) is 20.1. The number of amides is 1. The fraction of sp³-hybridized carbons (Fsp3) is 0.536. The summed E-state index contributed by atoms with van der Waals surface area (Å²) in [7, 11) is 1.71. The number of rotatable bonds is 5. The van der Waals surface area contributed by atoms with E-state index >= 15 is 0 Å². The van der Waals surface area contributed by atoms with Crippen LogP contribution in [0.1, 0.15) is 56.1 Å². The molecule has 5 nitrogen and oxygen atoms in total. The summed E-state index contributed by atoms with van der Waals surface area (Å²) in [5.74, 6) is 1.10. The zero-order valence-corrected chi connectivity index (χ0v) is 20.1. The predicted molar refractivity (Wildman–Crippen MR) is 133 cm³/mol. The van der Waals surface area contributed by atoms with E-state index in [9.17, 15) is 4.79 Å². The van der Waals surface area contributed by atoms with Crippen LogP contribution in [0.3, 0.4) is 0 Å². The molecule has 4 rings (SSSR count). The monoisotopic (exact) mass is 449 g/mol. The minimum atomic E-state index is -0.0137. The standard InChI is InChI=1S/C28H39N3O2/c1-33-26-13-8-12-25(20-26)22-30-17-9-18-31(23-24-10-4-2-5-11-24)28(14-6-3-7-15-28)21-27(32)29-16-19-30/h2,4-5,8,10-13,20H,3,6-7,9,14-19,21-23H2,1H3,(H,29,32). The fourth-order valence-corrected chi connectivity index (χ4v) is 5.60. The Labute approximate surface area is 199 Å². The second-order valence-electron chi connectivity index (χ2n) is 9.70. The molecule has 1 N–H and O–H groups in total. The zero-order chi connectivity index (χ0) is 22.9. The Morgan fingerprint density at radius 3 is 2.45 bits per heavy atom. The number of methoxy groups -OCH3 is 1. The van der Waals surface area contributed by atoms with E-state index in [1.807, 2.05) is 6.07 Å². The van der Waals surface area contributed by atoms with Gasteiger partial charge in [0.15, 0.2) is 0 Å². The molecule has 33 heavy (non-hydrogen) atoms. The van der Waals surface area contributed by atoms with Gasteiger partial charge in [-0.25, -0.2) is 0 Å². The Bertz CT molecular complexity index is 880. The Morgan fingerprint density at radius 1 is 0.879 bits per heavy atom. The van der Waals surface area contributed by atoms with Crippen LogP contribution in [0, 0.1) is 0 Å². The van der Waals surface area contributed by atoms with Crippen molar-refractivity contribution in [3.05, 3.63) is 65.7 Å². The van der Waals surface area contributed by atoms with E-state index in [-0.39, 0.29) is 11.4 Å². The van der Waals surface area contributed by atoms with Gasteiger partial charge in [0.2, 0.25) is 5.91 Å². The summed E-state index contributed by atoms with van der Waals surface area (Å²) in [6, 6.07) is 19.1. The maximum absolute atomic E-state index is 13.1. The van der Waals surface area contributed by atoms with Crippen molar-refractivity contribution in [2.45, 2.75) is 63.6 Å². The molecular weight excluding hydrogens is 410 g/mol. The second kappa shape index (κ2) is 11.7. The van der Waals surface area contributed by atoms with Crippen molar-refractivity contribution in [1.82, 2.24) is 15.1 Å². The van der Waals surface area contributed by atoms with E-state index in [4.69, 9.17) is 4.74 Å². The lowest BCUT2D eigenvalue weighted by Crippen LogP contribution is -2.52. The number of ether oxygens (including phenoxy) is 1. The van der Waals surface area contributed by atoms with Gasteiger partial charge in [0, 0.05) is 44.7 Å². The van der Waals surface area contributed by atoms with Crippen molar-refractivity contribution in [2.75, 3.05) is 33.3 Å². The molecule has 2 aromatic carbocycles. The molecule has 0 radical (unpaired) electrons. The molecule has 1 saturated carbocycles. The molecule has 5 heteroatoms. The Hall–Kier alpha value is -2.37. The summed E-state index contributed by atoms with van der Waals surface area (Å²) in [5.41, 5.74) is 2.58. The van der Waals surface area contributed by atoms with Crippen LogP contribution in [-0.2, 0) is 17.9 Å². The average Bonchev–Trinajstić information content (AvgIpc) is 2.86. The van der Waals surface area contributed by atoms with E-state index in [1.54, 1.807) is 7.11 Å². The molecule has 2 fully saturated rings. The van der Waals surface area contributed by atoms with Gasteiger partial charge in [-0.05, 0) is 49.1 Å².